The van der Waals surface area contributed by atoms with Crippen LogP contribution in [0, 0.1) is 25.8 Å². The molecule has 0 bridgehead atoms. The van der Waals surface area contributed by atoms with Crippen molar-refractivity contribution in [1.82, 2.24) is 0 Å². The maximum absolute atomic E-state index is 8.74. The zero-order chi connectivity index (χ0) is 23.6. The van der Waals surface area contributed by atoms with Gasteiger partial charge in [-0.25, -0.2) is 9.41 Å². The third-order valence-electron chi connectivity index (χ3n) is 5.09. The molecule has 4 rings (SSSR count). The molecule has 2 heterocycles. The van der Waals surface area contributed by atoms with E-state index < -0.39 is 11.8 Å². The molecule has 0 saturated carbocycles. The molecule has 2 aromatic carbocycles. The van der Waals surface area contributed by atoms with Gasteiger partial charge >= 0.3 is 0 Å². The van der Waals surface area contributed by atoms with Crippen LogP contribution in [0.1, 0.15) is 41.6 Å². The molecule has 29 heavy (non-hydrogen) atoms. The molecule has 0 amide bonds. The second-order valence-corrected chi connectivity index (χ2v) is 8.68. The summed E-state index contributed by atoms with van der Waals surface area (Å²) >= 11 is 0. The molecule has 0 aliphatic carbocycles. The van der Waals surface area contributed by atoms with E-state index in [0.717, 1.165) is 38.7 Å². The van der Waals surface area contributed by atoms with E-state index in [2.05, 4.69) is 4.85 Å². The van der Waals surface area contributed by atoms with E-state index in [0.29, 0.717) is 16.8 Å². The summed E-state index contributed by atoms with van der Waals surface area (Å²) in [6.07, 6.45) is -1.40. The van der Waals surface area contributed by atoms with Crippen LogP contribution < -0.4 is 4.57 Å². The lowest BCUT2D eigenvalue weighted by Gasteiger charge is -2.18. The van der Waals surface area contributed by atoms with Crippen molar-refractivity contribution in [2.24, 2.45) is 12.5 Å². The van der Waals surface area contributed by atoms with Gasteiger partial charge in [0.25, 0.3) is 0 Å². The Morgan fingerprint density at radius 3 is 2.52 bits per heavy atom. The SMILES string of the molecule is [2H]c1cc(C([2H])([2H])C(C)(C)C)cc(-c2c(C)ccc3c2oc2c(C)cc([N+]#[C-])cc23)[n+]1C. The molecule has 0 radical (unpaired) electrons. The number of hydrogen-bond acceptors (Lipinski definition) is 1. The van der Waals surface area contributed by atoms with Gasteiger partial charge < -0.3 is 4.42 Å². The second kappa shape index (κ2) is 6.74. The Balaban J connectivity index is 2.10. The molecule has 0 aliphatic rings. The third kappa shape index (κ3) is 3.40. The van der Waals surface area contributed by atoms with Crippen LogP contribution in [0.2, 0.25) is 0 Å². The molecular weight excluding hydrogens is 356 g/mol. The highest BCUT2D eigenvalue weighted by molar-refractivity contribution is 6.11. The lowest BCUT2D eigenvalue weighted by atomic mass is 9.88. The molecule has 0 atom stereocenters. The molecule has 0 fully saturated rings. The minimum atomic E-state index is -1.62. The molecule has 3 heteroatoms. The van der Waals surface area contributed by atoms with Crippen molar-refractivity contribution in [2.45, 2.75) is 41.0 Å². The maximum Gasteiger partial charge on any atom is 0.216 e. The molecule has 0 N–H and O–H groups in total. The lowest BCUT2D eigenvalue weighted by molar-refractivity contribution is -0.660. The predicted molar refractivity (Wildman–Crippen MR) is 119 cm³/mol. The van der Waals surface area contributed by atoms with Crippen molar-refractivity contribution >= 4 is 27.6 Å². The largest absolute Gasteiger partial charge is 0.455 e. The first-order valence-corrected chi connectivity index (χ1v) is 9.72. The van der Waals surface area contributed by atoms with E-state index in [9.17, 15) is 0 Å². The Bertz CT molecular complexity index is 1440. The quantitative estimate of drug-likeness (QED) is 0.273. The van der Waals surface area contributed by atoms with Crippen LogP contribution in [0.5, 0.6) is 0 Å². The Morgan fingerprint density at radius 1 is 1.07 bits per heavy atom. The standard InChI is InChI=1S/C26H27N2O/c1-16-8-9-20-21-14-19(27-6)12-17(2)24(21)29-25(20)23(16)22-13-18(10-11-28(22)7)15-26(3,4)5/h8-14H,15H2,1-5,7H3/q+1/i11D,15D2. The fraction of sp³-hybridized carbons (Fsp3) is 0.308. The fourth-order valence-corrected chi connectivity index (χ4v) is 3.84. The smallest absolute Gasteiger partial charge is 0.216 e. The number of pyridine rings is 1. The molecule has 3 nitrogen and oxygen atoms in total. The summed E-state index contributed by atoms with van der Waals surface area (Å²) in [6, 6.07) is 11.1. The highest BCUT2D eigenvalue weighted by atomic mass is 16.3. The molecule has 0 aliphatic heterocycles. The first-order chi connectivity index (χ1) is 14.9. The summed E-state index contributed by atoms with van der Waals surface area (Å²) in [4.78, 5) is 3.59. The van der Waals surface area contributed by atoms with Crippen molar-refractivity contribution in [3.63, 3.8) is 0 Å². The summed E-state index contributed by atoms with van der Waals surface area (Å²) in [5, 5.41) is 1.80. The Morgan fingerprint density at radius 2 is 1.83 bits per heavy atom. The van der Waals surface area contributed by atoms with Gasteiger partial charge in [0.15, 0.2) is 11.9 Å². The van der Waals surface area contributed by atoms with Crippen LogP contribution in [-0.2, 0) is 13.4 Å². The summed E-state index contributed by atoms with van der Waals surface area (Å²) in [5.74, 6) is 0. The number of aromatic nitrogens is 1. The van der Waals surface area contributed by atoms with Crippen molar-refractivity contribution in [2.75, 3.05) is 0 Å². The van der Waals surface area contributed by atoms with E-state index in [-0.39, 0.29) is 6.17 Å². The highest BCUT2D eigenvalue weighted by Gasteiger charge is 2.23. The van der Waals surface area contributed by atoms with Crippen LogP contribution in [0.15, 0.2) is 47.0 Å². The zero-order valence-electron chi connectivity index (χ0n) is 20.8. The number of nitrogens with zero attached hydrogens (tertiary/aromatic N) is 2. The van der Waals surface area contributed by atoms with E-state index in [4.69, 9.17) is 15.1 Å². The number of benzene rings is 2. The van der Waals surface area contributed by atoms with Gasteiger partial charge in [-0.1, -0.05) is 32.9 Å². The second-order valence-electron chi connectivity index (χ2n) is 8.68. The van der Waals surface area contributed by atoms with Gasteiger partial charge in [-0.15, -0.1) is 0 Å². The van der Waals surface area contributed by atoms with Crippen molar-refractivity contribution < 1.29 is 13.1 Å². The molecule has 4 aromatic rings. The molecular formula is C26H27N2O+. The third-order valence-corrected chi connectivity index (χ3v) is 5.09. The van der Waals surface area contributed by atoms with E-state index in [1.165, 1.54) is 0 Å². The molecule has 2 aromatic heterocycles. The van der Waals surface area contributed by atoms with Crippen LogP contribution in [0.4, 0.5) is 5.69 Å². The summed E-state index contributed by atoms with van der Waals surface area (Å²) in [5.41, 5.74) is 5.28. The average Bonchev–Trinajstić information content (AvgIpc) is 3.08. The summed E-state index contributed by atoms with van der Waals surface area (Å²) < 4.78 is 34.2. The monoisotopic (exact) mass is 386 g/mol. The summed E-state index contributed by atoms with van der Waals surface area (Å²) in [6.45, 7) is 16.9. The number of furan rings is 1. The molecule has 0 unspecified atom stereocenters. The highest BCUT2D eigenvalue weighted by Crippen LogP contribution is 2.39. The summed E-state index contributed by atoms with van der Waals surface area (Å²) in [7, 11) is 1.82. The van der Waals surface area contributed by atoms with Gasteiger partial charge in [-0.2, -0.15) is 0 Å². The van der Waals surface area contributed by atoms with Crippen molar-refractivity contribution in [1.29, 1.82) is 0 Å². The van der Waals surface area contributed by atoms with Gasteiger partial charge in [0.2, 0.25) is 5.69 Å². The molecule has 146 valence electrons. The maximum atomic E-state index is 8.74. The first kappa shape index (κ1) is 15.8. The van der Waals surface area contributed by atoms with Crippen LogP contribution in [-0.4, -0.2) is 0 Å². The lowest BCUT2D eigenvalue weighted by Crippen LogP contribution is -2.31. The van der Waals surface area contributed by atoms with Crippen molar-refractivity contribution in [3.8, 4) is 11.3 Å². The van der Waals surface area contributed by atoms with Crippen LogP contribution in [0.3, 0.4) is 0 Å². The van der Waals surface area contributed by atoms with Crippen LogP contribution in [0.25, 0.3) is 38.0 Å². The van der Waals surface area contributed by atoms with Gasteiger partial charge in [0.1, 0.15) is 19.6 Å². The minimum Gasteiger partial charge on any atom is -0.455 e. The minimum absolute atomic E-state index is 0.226. The molecule has 0 spiro atoms. The zero-order valence-corrected chi connectivity index (χ0v) is 17.8. The average molecular weight is 387 g/mol. The van der Waals surface area contributed by atoms with Crippen molar-refractivity contribution in [3.05, 3.63) is 70.7 Å². The Labute approximate surface area is 176 Å². The topological polar surface area (TPSA) is 21.4 Å². The van der Waals surface area contributed by atoms with Gasteiger partial charge in [0.05, 0.1) is 12.1 Å². The Kier molecular flexibility index (Phi) is 3.66. The normalized spacial score (nSPS) is 13.9. The molecule has 0 saturated heterocycles. The number of hydrogen-bond donors (Lipinski definition) is 0. The number of aryl methyl sites for hydroxylation is 2. The predicted octanol–water partition coefficient (Wildman–Crippen LogP) is 6.83. The van der Waals surface area contributed by atoms with E-state index >= 15 is 0 Å². The number of fused-ring (bicyclic) bond motifs is 3. The first-order valence-electron chi connectivity index (χ1n) is 11.2. The van der Waals surface area contributed by atoms with Gasteiger partial charge in [0, 0.05) is 25.6 Å². The Hall–Kier alpha value is -3.12. The van der Waals surface area contributed by atoms with Crippen LogP contribution >= 0.6 is 0 Å². The number of rotatable bonds is 2. The fourth-order valence-electron chi connectivity index (χ4n) is 3.84. The van der Waals surface area contributed by atoms with E-state index in [1.807, 2.05) is 72.0 Å². The van der Waals surface area contributed by atoms with Gasteiger partial charge in [-0.3, -0.25) is 0 Å². The van der Waals surface area contributed by atoms with E-state index in [1.54, 1.807) is 10.6 Å². The van der Waals surface area contributed by atoms with Gasteiger partial charge in [-0.05, 0) is 54.5 Å².